The molecule has 2 aromatic rings. The van der Waals surface area contributed by atoms with Gasteiger partial charge in [0.25, 0.3) is 12.3 Å². The summed E-state index contributed by atoms with van der Waals surface area (Å²) in [4.78, 5) is 43.8. The number of ether oxygens (including phenoxy) is 1. The second-order valence-corrected chi connectivity index (χ2v) is 8.42. The van der Waals surface area contributed by atoms with Gasteiger partial charge in [-0.2, -0.15) is 0 Å². The summed E-state index contributed by atoms with van der Waals surface area (Å²) in [6.07, 6.45) is -5.55. The molecule has 2 amide bonds. The van der Waals surface area contributed by atoms with E-state index in [1.165, 1.54) is 17.0 Å². The first kappa shape index (κ1) is 26.2. The fourth-order valence-electron chi connectivity index (χ4n) is 4.13. The Hall–Kier alpha value is -3.87. The van der Waals surface area contributed by atoms with Gasteiger partial charge in [-0.3, -0.25) is 19.3 Å². The van der Waals surface area contributed by atoms with Gasteiger partial charge in [0, 0.05) is 31.6 Å². The highest BCUT2D eigenvalue weighted by Crippen LogP contribution is 2.32. The molecule has 2 aliphatic rings. The minimum atomic E-state index is -3.12. The van der Waals surface area contributed by atoms with Crippen molar-refractivity contribution in [3.8, 4) is 5.75 Å². The first-order valence-electron chi connectivity index (χ1n) is 11.4. The molecule has 2 aliphatic heterocycles. The number of hydrogen-bond donors (Lipinski definition) is 1. The van der Waals surface area contributed by atoms with Crippen LogP contribution in [0.1, 0.15) is 23.2 Å². The number of hydroxylamine groups is 2. The Bertz CT molecular complexity index is 1170. The fraction of sp³-hybridized carbons (Fsp3) is 0.375. The quantitative estimate of drug-likeness (QED) is 0.553. The number of halogens is 4. The average molecular weight is 525 g/mol. The van der Waals surface area contributed by atoms with Crippen LogP contribution in [0.25, 0.3) is 0 Å². The van der Waals surface area contributed by atoms with Gasteiger partial charge < -0.3 is 14.7 Å². The molecular formula is C24H23F4N3O6. The molecule has 2 aromatic carbocycles. The molecule has 0 radical (unpaired) electrons. The van der Waals surface area contributed by atoms with Gasteiger partial charge in [-0.25, -0.2) is 27.4 Å². The Morgan fingerprint density at radius 1 is 1.08 bits per heavy atom. The standard InChI is InChI=1S/C24H23F4N3O6/c25-17-11-14(30-13-15(37-24(30)35)5-6-20(33)22(27)28)12-18(26)21(17)29-7-8-31(36-10-9-29)23(34)16-3-1-2-4-19(16)32/h1-4,11-12,15,22,32H,5-10,13H2/t15-/m0/s1. The number of alkyl halides is 2. The van der Waals surface area contributed by atoms with Gasteiger partial charge >= 0.3 is 6.09 Å². The van der Waals surface area contributed by atoms with Gasteiger partial charge in [0.1, 0.15) is 17.5 Å². The number of anilines is 2. The van der Waals surface area contributed by atoms with Gasteiger partial charge in [0.2, 0.25) is 0 Å². The molecule has 0 saturated carbocycles. The highest BCUT2D eigenvalue weighted by atomic mass is 19.3. The molecule has 2 fully saturated rings. The Labute approximate surface area is 208 Å². The van der Waals surface area contributed by atoms with Crippen molar-refractivity contribution in [3.05, 3.63) is 53.6 Å². The molecule has 0 bridgehead atoms. The lowest BCUT2D eigenvalue weighted by Crippen LogP contribution is -2.35. The fourth-order valence-corrected chi connectivity index (χ4v) is 4.13. The summed E-state index contributed by atoms with van der Waals surface area (Å²) in [5.41, 5.74) is -0.489. The monoisotopic (exact) mass is 525 g/mol. The molecule has 13 heteroatoms. The van der Waals surface area contributed by atoms with Crippen LogP contribution in [0.4, 0.5) is 33.7 Å². The van der Waals surface area contributed by atoms with Crippen LogP contribution in [-0.2, 0) is 14.4 Å². The number of phenolic OH excluding ortho intramolecular Hbond substituents is 1. The summed E-state index contributed by atoms with van der Waals surface area (Å²) in [5.74, 6) is -4.06. The topological polar surface area (TPSA) is 99.6 Å². The van der Waals surface area contributed by atoms with E-state index in [1.807, 2.05) is 0 Å². The number of rotatable bonds is 7. The van der Waals surface area contributed by atoms with E-state index in [0.29, 0.717) is 0 Å². The Morgan fingerprint density at radius 2 is 1.78 bits per heavy atom. The summed E-state index contributed by atoms with van der Waals surface area (Å²) >= 11 is 0. The predicted molar refractivity (Wildman–Crippen MR) is 122 cm³/mol. The number of hydrogen-bond acceptors (Lipinski definition) is 7. The van der Waals surface area contributed by atoms with Crippen molar-refractivity contribution in [2.75, 3.05) is 42.6 Å². The number of amides is 2. The van der Waals surface area contributed by atoms with Gasteiger partial charge in [-0.15, -0.1) is 0 Å². The van der Waals surface area contributed by atoms with Gasteiger partial charge in [-0.1, -0.05) is 12.1 Å². The highest BCUT2D eigenvalue weighted by molar-refractivity contribution is 5.96. The maximum atomic E-state index is 15.1. The number of nitrogens with zero attached hydrogens (tertiary/aromatic N) is 3. The Morgan fingerprint density at radius 3 is 2.46 bits per heavy atom. The zero-order valence-electron chi connectivity index (χ0n) is 19.4. The van der Waals surface area contributed by atoms with E-state index in [-0.39, 0.29) is 61.9 Å². The van der Waals surface area contributed by atoms with E-state index in [4.69, 9.17) is 9.57 Å². The number of Topliss-reactive ketones (excluding diaryl/α,β-unsaturated/α-hetero) is 1. The number of para-hydroxylation sites is 1. The largest absolute Gasteiger partial charge is 0.507 e. The molecule has 4 rings (SSSR count). The lowest BCUT2D eigenvalue weighted by atomic mass is 10.1. The zero-order valence-corrected chi connectivity index (χ0v) is 19.4. The molecule has 0 aliphatic carbocycles. The van der Waals surface area contributed by atoms with Gasteiger partial charge in [0.05, 0.1) is 30.9 Å². The van der Waals surface area contributed by atoms with Crippen molar-refractivity contribution in [1.82, 2.24) is 5.06 Å². The molecule has 9 nitrogen and oxygen atoms in total. The lowest BCUT2D eigenvalue weighted by Gasteiger charge is -2.24. The second-order valence-electron chi connectivity index (χ2n) is 8.42. The average Bonchev–Trinajstić information content (AvgIpc) is 3.06. The maximum absolute atomic E-state index is 15.1. The summed E-state index contributed by atoms with van der Waals surface area (Å²) in [6.45, 7) is -0.223. The van der Waals surface area contributed by atoms with Crippen molar-refractivity contribution in [2.45, 2.75) is 25.4 Å². The smallest absolute Gasteiger partial charge is 0.414 e. The van der Waals surface area contributed by atoms with Crippen LogP contribution >= 0.6 is 0 Å². The molecule has 37 heavy (non-hydrogen) atoms. The van der Waals surface area contributed by atoms with E-state index >= 15 is 8.78 Å². The maximum Gasteiger partial charge on any atom is 0.414 e. The van der Waals surface area contributed by atoms with Crippen molar-refractivity contribution >= 4 is 29.2 Å². The normalized spacial score (nSPS) is 18.2. The minimum absolute atomic E-state index is 0.0124. The molecule has 0 aromatic heterocycles. The Kier molecular flexibility index (Phi) is 7.81. The molecule has 2 saturated heterocycles. The molecule has 2 heterocycles. The number of benzene rings is 2. The van der Waals surface area contributed by atoms with Crippen LogP contribution in [0.15, 0.2) is 36.4 Å². The predicted octanol–water partition coefficient (Wildman–Crippen LogP) is 3.50. The minimum Gasteiger partial charge on any atom is -0.507 e. The molecule has 198 valence electrons. The number of carbonyl (C=O) groups excluding carboxylic acids is 3. The van der Waals surface area contributed by atoms with E-state index < -0.39 is 48.4 Å². The highest BCUT2D eigenvalue weighted by Gasteiger charge is 2.35. The summed E-state index contributed by atoms with van der Waals surface area (Å²) in [7, 11) is 0. The van der Waals surface area contributed by atoms with Crippen molar-refractivity contribution < 1.29 is 46.6 Å². The summed E-state index contributed by atoms with van der Waals surface area (Å²) in [6, 6.07) is 7.80. The third-order valence-corrected chi connectivity index (χ3v) is 6.00. The van der Waals surface area contributed by atoms with Crippen molar-refractivity contribution in [3.63, 3.8) is 0 Å². The van der Waals surface area contributed by atoms with Crippen LogP contribution < -0.4 is 9.80 Å². The van der Waals surface area contributed by atoms with Crippen LogP contribution in [0.5, 0.6) is 5.75 Å². The lowest BCUT2D eigenvalue weighted by molar-refractivity contribution is -0.129. The van der Waals surface area contributed by atoms with Crippen molar-refractivity contribution in [1.29, 1.82) is 0 Å². The van der Waals surface area contributed by atoms with E-state index in [1.54, 1.807) is 12.1 Å². The van der Waals surface area contributed by atoms with Crippen LogP contribution in [0.3, 0.4) is 0 Å². The number of ketones is 1. The van der Waals surface area contributed by atoms with Crippen LogP contribution in [0.2, 0.25) is 0 Å². The third-order valence-electron chi connectivity index (χ3n) is 6.00. The van der Waals surface area contributed by atoms with Crippen LogP contribution in [-0.4, -0.2) is 73.3 Å². The first-order chi connectivity index (χ1) is 17.7. The second kappa shape index (κ2) is 11.0. The third kappa shape index (κ3) is 5.77. The summed E-state index contributed by atoms with van der Waals surface area (Å²) in [5, 5.41) is 10.9. The molecule has 1 N–H and O–H groups in total. The SMILES string of the molecule is O=C(CC[C@H]1CN(c2cc(F)c(N3CCON(C(=O)c4ccccc4O)CC3)c(F)c2)C(=O)O1)C(F)F. The number of aromatic hydroxyl groups is 1. The summed E-state index contributed by atoms with van der Waals surface area (Å²) < 4.78 is 60.0. The first-order valence-corrected chi connectivity index (χ1v) is 11.4. The molecule has 1 atom stereocenters. The van der Waals surface area contributed by atoms with Gasteiger partial charge in [-0.05, 0) is 18.6 Å². The van der Waals surface area contributed by atoms with Crippen LogP contribution in [0, 0.1) is 11.6 Å². The number of carbonyl (C=O) groups is 3. The Balaban J connectivity index is 1.43. The van der Waals surface area contributed by atoms with Crippen molar-refractivity contribution in [2.24, 2.45) is 0 Å². The van der Waals surface area contributed by atoms with E-state index in [2.05, 4.69) is 0 Å². The molecule has 0 spiro atoms. The number of cyclic esters (lactones) is 1. The number of phenols is 1. The zero-order chi connectivity index (χ0) is 26.7. The van der Waals surface area contributed by atoms with Gasteiger partial charge in [0.15, 0.2) is 17.4 Å². The van der Waals surface area contributed by atoms with E-state index in [9.17, 15) is 28.3 Å². The molecular weight excluding hydrogens is 502 g/mol. The molecule has 0 unspecified atom stereocenters. The van der Waals surface area contributed by atoms with E-state index in [0.717, 1.165) is 22.1 Å².